The molecule has 3 rings (SSSR count). The Morgan fingerprint density at radius 2 is 1.88 bits per heavy atom. The molecule has 0 saturated carbocycles. The fourth-order valence-corrected chi connectivity index (χ4v) is 4.89. The lowest BCUT2D eigenvalue weighted by molar-refractivity contribution is 0.603. The van der Waals surface area contributed by atoms with Gasteiger partial charge in [0, 0.05) is 12.0 Å². The van der Waals surface area contributed by atoms with Gasteiger partial charge in [-0.1, -0.05) is 41.6 Å². The van der Waals surface area contributed by atoms with E-state index in [1.54, 1.807) is 0 Å². The van der Waals surface area contributed by atoms with Gasteiger partial charge in [0.05, 0.1) is 22.5 Å². The number of rotatable bonds is 5. The van der Waals surface area contributed by atoms with Crippen LogP contribution in [0.3, 0.4) is 0 Å². The maximum atomic E-state index is 11.4. The van der Waals surface area contributed by atoms with Crippen molar-refractivity contribution >= 4 is 32.6 Å². The topological polar surface area (TPSA) is 52.0 Å². The molecule has 0 saturated heterocycles. The van der Waals surface area contributed by atoms with Gasteiger partial charge in [0.2, 0.25) is 0 Å². The van der Waals surface area contributed by atoms with Gasteiger partial charge in [0.25, 0.3) is 0 Å². The highest BCUT2D eigenvalue weighted by Crippen LogP contribution is 2.29. The van der Waals surface area contributed by atoms with Crippen LogP contribution >= 0.6 is 11.8 Å². The number of imidazole rings is 1. The zero-order valence-corrected chi connectivity index (χ0v) is 15.6. The molecule has 0 spiro atoms. The standard InChI is InChI=1S/C18H20N2O2S2/c1-13-8-9-16(14(2)12-13)20-17-7-5-4-6-15(17)19-18(20)23-10-11-24(3,21)22/h4-9,12H,10-11H2,1-3H3. The molecule has 1 aromatic heterocycles. The number of fused-ring (bicyclic) bond motifs is 1. The fourth-order valence-electron chi connectivity index (χ4n) is 2.67. The minimum Gasteiger partial charge on any atom is -0.287 e. The molecule has 0 aliphatic heterocycles. The van der Waals surface area contributed by atoms with Crippen LogP contribution in [-0.2, 0) is 9.84 Å². The number of sulfone groups is 1. The highest BCUT2D eigenvalue weighted by Gasteiger charge is 2.15. The van der Waals surface area contributed by atoms with Crippen LogP contribution in [-0.4, -0.2) is 35.7 Å². The lowest BCUT2D eigenvalue weighted by Crippen LogP contribution is -2.06. The minimum atomic E-state index is -2.97. The summed E-state index contributed by atoms with van der Waals surface area (Å²) in [7, 11) is -2.97. The van der Waals surface area contributed by atoms with Gasteiger partial charge < -0.3 is 0 Å². The molecule has 0 N–H and O–H groups in total. The van der Waals surface area contributed by atoms with E-state index in [0.29, 0.717) is 5.75 Å². The van der Waals surface area contributed by atoms with E-state index in [1.165, 1.54) is 29.1 Å². The lowest BCUT2D eigenvalue weighted by Gasteiger charge is -2.12. The lowest BCUT2D eigenvalue weighted by atomic mass is 10.1. The number of hydrogen-bond acceptors (Lipinski definition) is 4. The van der Waals surface area contributed by atoms with Crippen molar-refractivity contribution in [1.29, 1.82) is 0 Å². The Morgan fingerprint density at radius 1 is 1.12 bits per heavy atom. The second kappa shape index (κ2) is 6.61. The molecule has 0 unspecified atom stereocenters. The van der Waals surface area contributed by atoms with E-state index in [2.05, 4.69) is 36.6 Å². The number of aromatic nitrogens is 2. The average molecular weight is 361 g/mol. The van der Waals surface area contributed by atoms with E-state index in [9.17, 15) is 8.42 Å². The van der Waals surface area contributed by atoms with Crippen molar-refractivity contribution in [3.63, 3.8) is 0 Å². The van der Waals surface area contributed by atoms with E-state index < -0.39 is 9.84 Å². The molecule has 0 fully saturated rings. The van der Waals surface area contributed by atoms with Crippen molar-refractivity contribution in [1.82, 2.24) is 9.55 Å². The first-order chi connectivity index (χ1) is 11.3. The van der Waals surface area contributed by atoms with E-state index >= 15 is 0 Å². The highest BCUT2D eigenvalue weighted by molar-refractivity contribution is 8.00. The van der Waals surface area contributed by atoms with Gasteiger partial charge in [-0.15, -0.1) is 0 Å². The summed E-state index contributed by atoms with van der Waals surface area (Å²) < 4.78 is 24.9. The predicted octanol–water partition coefficient (Wildman–Crippen LogP) is 3.78. The number of thioether (sulfide) groups is 1. The smallest absolute Gasteiger partial charge is 0.173 e. The molecule has 4 nitrogen and oxygen atoms in total. The molecule has 0 atom stereocenters. The van der Waals surface area contributed by atoms with Gasteiger partial charge in [-0.2, -0.15) is 0 Å². The predicted molar refractivity (Wildman–Crippen MR) is 101 cm³/mol. The van der Waals surface area contributed by atoms with Crippen molar-refractivity contribution in [2.75, 3.05) is 17.8 Å². The molecule has 0 amide bonds. The van der Waals surface area contributed by atoms with Crippen LogP contribution in [0.1, 0.15) is 11.1 Å². The summed E-state index contributed by atoms with van der Waals surface area (Å²) in [5.41, 5.74) is 5.41. The van der Waals surface area contributed by atoms with Gasteiger partial charge >= 0.3 is 0 Å². The molecule has 1 heterocycles. The molecule has 0 aliphatic carbocycles. The quantitative estimate of drug-likeness (QED) is 0.650. The molecule has 3 aromatic rings. The van der Waals surface area contributed by atoms with Crippen molar-refractivity contribution < 1.29 is 8.42 Å². The summed E-state index contributed by atoms with van der Waals surface area (Å²) in [5.74, 6) is 0.640. The summed E-state index contributed by atoms with van der Waals surface area (Å²) in [6.45, 7) is 4.16. The molecule has 0 aliphatic rings. The van der Waals surface area contributed by atoms with Gasteiger partial charge in [-0.3, -0.25) is 4.57 Å². The molecular formula is C18H20N2O2S2. The average Bonchev–Trinajstić information content (AvgIpc) is 2.84. The zero-order valence-electron chi connectivity index (χ0n) is 14.0. The number of benzene rings is 2. The molecule has 24 heavy (non-hydrogen) atoms. The third kappa shape index (κ3) is 3.65. The van der Waals surface area contributed by atoms with Crippen LogP contribution < -0.4 is 0 Å². The van der Waals surface area contributed by atoms with Gasteiger partial charge in [-0.25, -0.2) is 13.4 Å². The maximum absolute atomic E-state index is 11.4. The molecule has 0 bridgehead atoms. The molecule has 6 heteroatoms. The summed E-state index contributed by atoms with van der Waals surface area (Å²) in [5, 5.41) is 0.826. The third-order valence-corrected chi connectivity index (χ3v) is 5.95. The minimum absolute atomic E-state index is 0.147. The second-order valence-electron chi connectivity index (χ2n) is 5.99. The van der Waals surface area contributed by atoms with Crippen molar-refractivity contribution in [3.05, 3.63) is 53.6 Å². The van der Waals surface area contributed by atoms with E-state index in [4.69, 9.17) is 4.98 Å². The van der Waals surface area contributed by atoms with Crippen molar-refractivity contribution in [2.24, 2.45) is 0 Å². The van der Waals surface area contributed by atoms with Crippen LogP contribution in [0.4, 0.5) is 0 Å². The number of para-hydroxylation sites is 2. The Bertz CT molecular complexity index is 991. The summed E-state index contributed by atoms with van der Waals surface area (Å²) in [4.78, 5) is 4.70. The van der Waals surface area contributed by atoms with Crippen molar-refractivity contribution in [2.45, 2.75) is 19.0 Å². The number of aryl methyl sites for hydroxylation is 2. The maximum Gasteiger partial charge on any atom is 0.173 e. The molecule has 126 valence electrons. The summed E-state index contributed by atoms with van der Waals surface area (Å²) >= 11 is 1.48. The Labute approximate surface area is 146 Å². The first-order valence-corrected chi connectivity index (χ1v) is 10.8. The van der Waals surface area contributed by atoms with Crippen LogP contribution in [0.2, 0.25) is 0 Å². The third-order valence-electron chi connectivity index (χ3n) is 3.81. The Kier molecular flexibility index (Phi) is 4.69. The Morgan fingerprint density at radius 3 is 2.58 bits per heavy atom. The number of hydrogen-bond donors (Lipinski definition) is 0. The normalized spacial score (nSPS) is 12.0. The highest BCUT2D eigenvalue weighted by atomic mass is 32.2. The van der Waals surface area contributed by atoms with Gasteiger partial charge in [0.15, 0.2) is 5.16 Å². The number of nitrogens with zero attached hydrogens (tertiary/aromatic N) is 2. The molecule has 2 aromatic carbocycles. The zero-order chi connectivity index (χ0) is 17.3. The Balaban J connectivity index is 2.08. The monoisotopic (exact) mass is 360 g/mol. The largest absolute Gasteiger partial charge is 0.287 e. The van der Waals surface area contributed by atoms with E-state index in [-0.39, 0.29) is 5.75 Å². The molecular weight excluding hydrogens is 340 g/mol. The Hall–Kier alpha value is -1.79. The van der Waals surface area contributed by atoms with Crippen LogP contribution in [0.15, 0.2) is 47.6 Å². The van der Waals surface area contributed by atoms with Gasteiger partial charge in [0.1, 0.15) is 9.84 Å². The van der Waals surface area contributed by atoms with Crippen molar-refractivity contribution in [3.8, 4) is 5.69 Å². The van der Waals surface area contributed by atoms with Crippen LogP contribution in [0.5, 0.6) is 0 Å². The first-order valence-electron chi connectivity index (χ1n) is 7.71. The second-order valence-corrected chi connectivity index (χ2v) is 9.31. The summed E-state index contributed by atoms with van der Waals surface area (Å²) in [6, 6.07) is 14.3. The van der Waals surface area contributed by atoms with E-state index in [1.807, 2.05) is 24.3 Å². The summed E-state index contributed by atoms with van der Waals surface area (Å²) in [6.07, 6.45) is 1.26. The first kappa shape index (κ1) is 17.0. The molecule has 0 radical (unpaired) electrons. The van der Waals surface area contributed by atoms with Crippen LogP contribution in [0.25, 0.3) is 16.7 Å². The van der Waals surface area contributed by atoms with Crippen LogP contribution in [0, 0.1) is 13.8 Å². The van der Waals surface area contributed by atoms with E-state index in [0.717, 1.165) is 21.9 Å². The van der Waals surface area contributed by atoms with Gasteiger partial charge in [-0.05, 0) is 37.6 Å². The fraction of sp³-hybridized carbons (Fsp3) is 0.278. The SMILES string of the molecule is Cc1ccc(-n2c(SCCS(C)(=O)=O)nc3ccccc32)c(C)c1.